The molecular weight excluding hydrogens is 566 g/mol. The Kier molecular flexibility index (Phi) is 13.3. The molecule has 0 radical (unpaired) electrons. The molecule has 0 bridgehead atoms. The Hall–Kier alpha value is -3.21. The lowest BCUT2D eigenvalue weighted by Crippen LogP contribution is -2.46. The van der Waals surface area contributed by atoms with Crippen LogP contribution in [0.15, 0.2) is 12.1 Å². The maximum Gasteiger partial charge on any atom is 0.407 e. The number of nitrogens with zero attached hydrogens (tertiary/aromatic N) is 1. The number of methoxy groups -OCH3 is 3. The second kappa shape index (κ2) is 17.3. The fraction of sp³-hybridized carbons (Fsp3) is 0.727. The Bertz CT molecular complexity index is 1080. The van der Waals surface area contributed by atoms with Gasteiger partial charge >= 0.3 is 18.2 Å². The van der Waals surface area contributed by atoms with Crippen LogP contribution in [0.25, 0.3) is 0 Å². The number of amides is 2. The van der Waals surface area contributed by atoms with Crippen molar-refractivity contribution < 1.29 is 38.1 Å². The van der Waals surface area contributed by atoms with Gasteiger partial charge in [-0.05, 0) is 70.4 Å². The molecule has 246 valence electrons. The number of benzene rings is 1. The van der Waals surface area contributed by atoms with Crippen LogP contribution < -0.4 is 20.1 Å². The number of piperidine rings is 1. The molecule has 0 aromatic heterocycles. The minimum absolute atomic E-state index is 0.0847. The summed E-state index contributed by atoms with van der Waals surface area (Å²) >= 11 is 0. The smallest absolute Gasteiger partial charge is 0.407 e. The zero-order valence-electron chi connectivity index (χ0n) is 26.7. The van der Waals surface area contributed by atoms with E-state index in [4.69, 9.17) is 18.9 Å². The molecule has 0 spiro atoms. The van der Waals surface area contributed by atoms with Crippen molar-refractivity contribution in [2.45, 2.75) is 114 Å². The number of carbonyl (C=O) groups excluding carboxylic acids is 3. The van der Waals surface area contributed by atoms with E-state index < -0.39 is 6.09 Å². The summed E-state index contributed by atoms with van der Waals surface area (Å²) in [5.74, 6) is 0.872. The number of alkyl carbamates (subject to hydrolysis) is 2. The van der Waals surface area contributed by atoms with Crippen molar-refractivity contribution in [3.63, 3.8) is 0 Å². The minimum atomic E-state index is -0.409. The molecule has 1 aromatic carbocycles. The molecule has 11 nitrogen and oxygen atoms in total. The first-order valence-electron chi connectivity index (χ1n) is 16.4. The summed E-state index contributed by atoms with van der Waals surface area (Å²) in [6, 6.07) is 3.87. The maximum atomic E-state index is 12.4. The van der Waals surface area contributed by atoms with Crippen LogP contribution in [0.4, 0.5) is 9.59 Å². The molecule has 1 saturated carbocycles. The van der Waals surface area contributed by atoms with Crippen LogP contribution in [-0.2, 0) is 14.2 Å². The summed E-state index contributed by atoms with van der Waals surface area (Å²) in [6.07, 6.45) is 13.0. The SMILES string of the molecule is COC(=O)NC1CCC(OC(=O)NC2CCN(CCCCCCCCC[C@H]3OC(=O)c4c(OC)cc(OC)cc43)CC2)CC1. The highest BCUT2D eigenvalue weighted by atomic mass is 16.6. The Balaban J connectivity index is 0.990. The predicted molar refractivity (Wildman–Crippen MR) is 165 cm³/mol. The number of fused-ring (bicyclic) bond motifs is 1. The monoisotopic (exact) mass is 617 g/mol. The molecule has 1 atom stereocenters. The van der Waals surface area contributed by atoms with Gasteiger partial charge in [-0.1, -0.05) is 32.1 Å². The van der Waals surface area contributed by atoms with Crippen molar-refractivity contribution >= 4 is 18.2 Å². The van der Waals surface area contributed by atoms with Gasteiger partial charge in [0.25, 0.3) is 0 Å². The van der Waals surface area contributed by atoms with Crippen LogP contribution in [-0.4, -0.2) is 82.2 Å². The lowest BCUT2D eigenvalue weighted by atomic mass is 9.93. The van der Waals surface area contributed by atoms with Gasteiger partial charge in [-0.3, -0.25) is 0 Å². The molecule has 0 unspecified atom stereocenters. The number of likely N-dealkylation sites (tertiary alicyclic amines) is 1. The van der Waals surface area contributed by atoms with Crippen LogP contribution in [0, 0.1) is 0 Å². The van der Waals surface area contributed by atoms with Crippen molar-refractivity contribution in [2.75, 3.05) is 41.0 Å². The molecule has 11 heteroatoms. The van der Waals surface area contributed by atoms with E-state index in [9.17, 15) is 14.4 Å². The average Bonchev–Trinajstić information content (AvgIpc) is 3.36. The largest absolute Gasteiger partial charge is 0.497 e. The fourth-order valence-corrected chi connectivity index (χ4v) is 6.58. The molecule has 2 aliphatic heterocycles. The van der Waals surface area contributed by atoms with Gasteiger partial charge < -0.3 is 39.2 Å². The molecular formula is C33H51N3O8. The Morgan fingerprint density at radius 3 is 2.11 bits per heavy atom. The van der Waals surface area contributed by atoms with Crippen molar-refractivity contribution in [2.24, 2.45) is 0 Å². The number of nitrogens with one attached hydrogen (secondary N) is 2. The quantitative estimate of drug-likeness (QED) is 0.141. The lowest BCUT2D eigenvalue weighted by Gasteiger charge is -2.33. The third kappa shape index (κ3) is 9.90. The summed E-state index contributed by atoms with van der Waals surface area (Å²) in [4.78, 5) is 38.7. The van der Waals surface area contributed by atoms with E-state index in [1.165, 1.54) is 39.2 Å². The lowest BCUT2D eigenvalue weighted by molar-refractivity contribution is 0.0361. The number of rotatable bonds is 15. The predicted octanol–water partition coefficient (Wildman–Crippen LogP) is 5.89. The van der Waals surface area contributed by atoms with E-state index in [-0.39, 0.29) is 36.4 Å². The summed E-state index contributed by atoms with van der Waals surface area (Å²) in [5, 5.41) is 5.88. The molecule has 2 N–H and O–H groups in total. The third-order valence-electron chi connectivity index (χ3n) is 9.17. The fourth-order valence-electron chi connectivity index (χ4n) is 6.58. The number of carbonyl (C=O) groups is 3. The van der Waals surface area contributed by atoms with Crippen LogP contribution in [0.3, 0.4) is 0 Å². The normalized spacial score (nSPS) is 22.1. The van der Waals surface area contributed by atoms with Crippen molar-refractivity contribution in [1.82, 2.24) is 15.5 Å². The molecule has 2 fully saturated rings. The zero-order chi connectivity index (χ0) is 31.3. The van der Waals surface area contributed by atoms with Gasteiger partial charge in [0.2, 0.25) is 0 Å². The van der Waals surface area contributed by atoms with Crippen LogP contribution >= 0.6 is 0 Å². The summed E-state index contributed by atoms with van der Waals surface area (Å²) in [5.41, 5.74) is 1.40. The van der Waals surface area contributed by atoms with E-state index in [0.29, 0.717) is 17.1 Å². The van der Waals surface area contributed by atoms with Gasteiger partial charge in [0.15, 0.2) is 0 Å². The highest BCUT2D eigenvalue weighted by molar-refractivity contribution is 5.97. The average molecular weight is 618 g/mol. The van der Waals surface area contributed by atoms with Crippen molar-refractivity contribution in [3.8, 4) is 11.5 Å². The van der Waals surface area contributed by atoms with E-state index in [1.807, 2.05) is 6.07 Å². The van der Waals surface area contributed by atoms with Crippen LogP contribution in [0.5, 0.6) is 11.5 Å². The van der Waals surface area contributed by atoms with Crippen molar-refractivity contribution in [1.29, 1.82) is 0 Å². The summed E-state index contributed by atoms with van der Waals surface area (Å²) in [6.45, 7) is 3.11. The van der Waals surface area contributed by atoms with Gasteiger partial charge in [-0.15, -0.1) is 0 Å². The first kappa shape index (κ1) is 33.7. The Morgan fingerprint density at radius 1 is 0.818 bits per heavy atom. The number of hydrogen-bond donors (Lipinski definition) is 2. The molecule has 2 amide bonds. The molecule has 3 aliphatic rings. The van der Waals surface area contributed by atoms with Crippen LogP contribution in [0.2, 0.25) is 0 Å². The van der Waals surface area contributed by atoms with Crippen LogP contribution in [0.1, 0.15) is 112 Å². The van der Waals surface area contributed by atoms with E-state index in [1.54, 1.807) is 20.3 Å². The molecule has 1 saturated heterocycles. The first-order valence-corrected chi connectivity index (χ1v) is 16.4. The van der Waals surface area contributed by atoms with E-state index >= 15 is 0 Å². The maximum absolute atomic E-state index is 12.4. The van der Waals surface area contributed by atoms with Gasteiger partial charge in [0, 0.05) is 36.8 Å². The molecule has 4 rings (SSSR count). The Labute approximate surface area is 261 Å². The molecule has 2 heterocycles. The topological polar surface area (TPSA) is 125 Å². The van der Waals surface area contributed by atoms with E-state index in [2.05, 4.69) is 20.3 Å². The highest BCUT2D eigenvalue weighted by Crippen LogP contribution is 2.41. The Morgan fingerprint density at radius 2 is 1.45 bits per heavy atom. The molecule has 1 aliphatic carbocycles. The number of ether oxygens (including phenoxy) is 5. The van der Waals surface area contributed by atoms with Gasteiger partial charge in [0.05, 0.1) is 21.3 Å². The standard InChI is InChI=1S/C33H51N3O8/c1-40-26-21-27-28(44-31(37)30(27)29(22-26)41-2)11-9-7-5-4-6-8-10-18-36-19-16-24(17-20-36)35-33(39)43-25-14-12-23(13-15-25)34-32(38)42-3/h21-25,28H,4-20H2,1-3H3,(H,34,38)(H,35,39)/t23?,25?,28-/m1/s1. The molecule has 1 aromatic rings. The van der Waals surface area contributed by atoms with Gasteiger partial charge in [-0.2, -0.15) is 0 Å². The summed E-state index contributed by atoms with van der Waals surface area (Å²) in [7, 11) is 4.53. The first-order chi connectivity index (χ1) is 21.4. The highest BCUT2D eigenvalue weighted by Gasteiger charge is 2.34. The molecule has 44 heavy (non-hydrogen) atoms. The third-order valence-corrected chi connectivity index (χ3v) is 9.17. The second-order valence-electron chi connectivity index (χ2n) is 12.2. The zero-order valence-corrected chi connectivity index (χ0v) is 26.7. The number of esters is 1. The summed E-state index contributed by atoms with van der Waals surface area (Å²) < 4.78 is 26.7. The van der Waals surface area contributed by atoms with E-state index in [0.717, 1.165) is 83.0 Å². The van der Waals surface area contributed by atoms with Gasteiger partial charge in [-0.25, -0.2) is 14.4 Å². The van der Waals surface area contributed by atoms with Gasteiger partial charge in [0.1, 0.15) is 29.3 Å². The van der Waals surface area contributed by atoms with Crippen molar-refractivity contribution in [3.05, 3.63) is 23.3 Å². The minimum Gasteiger partial charge on any atom is -0.497 e. The number of unbranched alkanes of at least 4 members (excludes halogenated alkanes) is 6. The number of cyclic esters (lactones) is 1. The second-order valence-corrected chi connectivity index (χ2v) is 12.2. The number of hydrogen-bond acceptors (Lipinski definition) is 9.